The number of aromatic nitrogens is 2. The van der Waals surface area contributed by atoms with Gasteiger partial charge in [0.1, 0.15) is 0 Å². The summed E-state index contributed by atoms with van der Waals surface area (Å²) < 4.78 is 8.84. The van der Waals surface area contributed by atoms with E-state index in [2.05, 4.69) is 44.9 Å². The van der Waals surface area contributed by atoms with Crippen molar-refractivity contribution in [3.8, 4) is 0 Å². The lowest BCUT2D eigenvalue weighted by Crippen LogP contribution is -2.35. The monoisotopic (exact) mass is 315 g/mol. The molecule has 0 bridgehead atoms. The lowest BCUT2D eigenvalue weighted by molar-refractivity contribution is 0.0498. The number of hydrogen-bond donors (Lipinski definition) is 1. The van der Waals surface area contributed by atoms with Gasteiger partial charge in [-0.15, -0.1) is 0 Å². The molecule has 1 aromatic rings. The molecule has 4 nitrogen and oxygen atoms in total. The molecule has 0 aliphatic heterocycles. The van der Waals surface area contributed by atoms with Gasteiger partial charge in [0.15, 0.2) is 0 Å². The number of likely N-dealkylation sites (N-methyl/N-ethyl adjacent to an activating group) is 1. The first kappa shape index (κ1) is 14.0. The maximum atomic E-state index is 5.72. The van der Waals surface area contributed by atoms with Crippen molar-refractivity contribution in [2.75, 3.05) is 14.2 Å². The van der Waals surface area contributed by atoms with E-state index in [9.17, 15) is 0 Å². The van der Waals surface area contributed by atoms with Gasteiger partial charge >= 0.3 is 0 Å². The van der Waals surface area contributed by atoms with Crippen molar-refractivity contribution >= 4 is 15.9 Å². The quantitative estimate of drug-likeness (QED) is 0.877. The molecule has 2 rings (SSSR count). The molecule has 18 heavy (non-hydrogen) atoms. The third kappa shape index (κ3) is 2.63. The van der Waals surface area contributed by atoms with Gasteiger partial charge in [0, 0.05) is 13.2 Å². The summed E-state index contributed by atoms with van der Waals surface area (Å²) in [6, 6.07) is 0.528. The summed E-state index contributed by atoms with van der Waals surface area (Å²) in [6.45, 7) is 4.29. The Bertz CT molecular complexity index is 401. The number of methoxy groups -OCH3 is 1. The van der Waals surface area contributed by atoms with Crippen LogP contribution >= 0.6 is 15.9 Å². The molecule has 1 N–H and O–H groups in total. The molecule has 1 aliphatic carbocycles. The Labute approximate surface area is 117 Å². The molecule has 0 spiro atoms. The molecule has 1 saturated carbocycles. The Hall–Kier alpha value is -0.390. The van der Waals surface area contributed by atoms with Crippen molar-refractivity contribution in [1.82, 2.24) is 15.1 Å². The van der Waals surface area contributed by atoms with Crippen molar-refractivity contribution in [3.05, 3.63) is 16.4 Å². The van der Waals surface area contributed by atoms with E-state index in [0.717, 1.165) is 4.47 Å². The maximum absolute atomic E-state index is 5.72. The minimum Gasteiger partial charge on any atom is -0.379 e. The normalized spacial score (nSPS) is 19.2. The highest BCUT2D eigenvalue weighted by Gasteiger charge is 2.39. The summed E-state index contributed by atoms with van der Waals surface area (Å²) in [5, 5.41) is 7.85. The highest BCUT2D eigenvalue weighted by atomic mass is 79.9. The fourth-order valence-electron chi connectivity index (χ4n) is 2.54. The highest BCUT2D eigenvalue weighted by Crippen LogP contribution is 2.41. The molecule has 5 heteroatoms. The summed E-state index contributed by atoms with van der Waals surface area (Å²) in [4.78, 5) is 0. The van der Waals surface area contributed by atoms with Gasteiger partial charge in [-0.05, 0) is 55.6 Å². The summed E-state index contributed by atoms with van der Waals surface area (Å²) in [6.07, 6.45) is 4.63. The second kappa shape index (κ2) is 5.72. The second-order valence-electron chi connectivity index (χ2n) is 5.22. The van der Waals surface area contributed by atoms with Crippen LogP contribution < -0.4 is 5.32 Å². The number of rotatable bonds is 6. The van der Waals surface area contributed by atoms with Crippen LogP contribution in [0, 0.1) is 5.92 Å². The van der Waals surface area contributed by atoms with E-state index in [0.29, 0.717) is 12.0 Å². The Morgan fingerprint density at radius 1 is 1.50 bits per heavy atom. The molecule has 0 amide bonds. The fourth-order valence-corrected chi connectivity index (χ4v) is 3.06. The smallest absolute Gasteiger partial charge is 0.0809 e. The molecule has 0 radical (unpaired) electrons. The molecular formula is C13H22BrN3O. The van der Waals surface area contributed by atoms with Gasteiger partial charge in [0.05, 0.1) is 28.5 Å². The van der Waals surface area contributed by atoms with Crippen molar-refractivity contribution in [1.29, 1.82) is 0 Å². The van der Waals surface area contributed by atoms with Gasteiger partial charge < -0.3 is 10.1 Å². The van der Waals surface area contributed by atoms with E-state index in [1.807, 2.05) is 13.2 Å². The SMILES string of the molecule is CNC(c1c(Br)cnn1C(C)C)C(OC)C1CC1. The summed E-state index contributed by atoms with van der Waals surface area (Å²) in [5.74, 6) is 0.676. The molecule has 2 atom stereocenters. The molecule has 1 heterocycles. The van der Waals surface area contributed by atoms with Crippen LogP contribution in [0.5, 0.6) is 0 Å². The molecule has 0 saturated heterocycles. The van der Waals surface area contributed by atoms with E-state index in [-0.39, 0.29) is 12.1 Å². The van der Waals surface area contributed by atoms with Crippen LogP contribution in [0.4, 0.5) is 0 Å². The van der Waals surface area contributed by atoms with Gasteiger partial charge in [-0.2, -0.15) is 5.10 Å². The van der Waals surface area contributed by atoms with Gasteiger partial charge in [-0.3, -0.25) is 4.68 Å². The third-order valence-electron chi connectivity index (χ3n) is 3.57. The van der Waals surface area contributed by atoms with Gasteiger partial charge in [-0.25, -0.2) is 0 Å². The predicted octanol–water partition coefficient (Wildman–Crippen LogP) is 2.91. The minimum atomic E-state index is 0.182. The van der Waals surface area contributed by atoms with Crippen LogP contribution in [0.3, 0.4) is 0 Å². The average Bonchev–Trinajstić information content (AvgIpc) is 3.09. The fraction of sp³-hybridized carbons (Fsp3) is 0.769. The van der Waals surface area contributed by atoms with E-state index in [1.165, 1.54) is 18.5 Å². The lowest BCUT2D eigenvalue weighted by Gasteiger charge is -2.27. The predicted molar refractivity (Wildman–Crippen MR) is 75.6 cm³/mol. The van der Waals surface area contributed by atoms with Crippen molar-refractivity contribution in [2.24, 2.45) is 5.92 Å². The summed E-state index contributed by atoms with van der Waals surface area (Å²) in [5.41, 5.74) is 1.19. The van der Waals surface area contributed by atoms with Crippen molar-refractivity contribution in [3.63, 3.8) is 0 Å². The first-order valence-electron chi connectivity index (χ1n) is 6.53. The van der Waals surface area contributed by atoms with Crippen LogP contribution in [-0.4, -0.2) is 30.0 Å². The zero-order valence-corrected chi connectivity index (χ0v) is 13.1. The second-order valence-corrected chi connectivity index (χ2v) is 6.07. The average molecular weight is 316 g/mol. The van der Waals surface area contributed by atoms with Gasteiger partial charge in [0.2, 0.25) is 0 Å². The van der Waals surface area contributed by atoms with Crippen LogP contribution in [0.15, 0.2) is 10.7 Å². The Morgan fingerprint density at radius 2 is 2.17 bits per heavy atom. The Morgan fingerprint density at radius 3 is 2.61 bits per heavy atom. The zero-order chi connectivity index (χ0) is 13.3. The number of nitrogens with zero attached hydrogens (tertiary/aromatic N) is 2. The van der Waals surface area contributed by atoms with Crippen LogP contribution in [0.1, 0.15) is 44.5 Å². The number of hydrogen-bond acceptors (Lipinski definition) is 3. The highest BCUT2D eigenvalue weighted by molar-refractivity contribution is 9.10. The topological polar surface area (TPSA) is 39.1 Å². The number of nitrogens with one attached hydrogen (secondary N) is 1. The van der Waals surface area contributed by atoms with E-state index in [4.69, 9.17) is 4.74 Å². The van der Waals surface area contributed by atoms with Crippen molar-refractivity contribution < 1.29 is 4.74 Å². The Balaban J connectivity index is 2.33. The van der Waals surface area contributed by atoms with Crippen LogP contribution in [0.25, 0.3) is 0 Å². The molecule has 102 valence electrons. The number of ether oxygens (including phenoxy) is 1. The Kier molecular flexibility index (Phi) is 4.45. The number of halogens is 1. The van der Waals surface area contributed by atoms with E-state index in [1.54, 1.807) is 7.11 Å². The lowest BCUT2D eigenvalue weighted by atomic mass is 10.0. The molecule has 0 aromatic carbocycles. The van der Waals surface area contributed by atoms with Crippen LogP contribution in [0.2, 0.25) is 0 Å². The summed E-state index contributed by atoms with van der Waals surface area (Å²) >= 11 is 3.62. The first-order chi connectivity index (χ1) is 8.60. The van der Waals surface area contributed by atoms with Crippen LogP contribution in [-0.2, 0) is 4.74 Å². The molecular weight excluding hydrogens is 294 g/mol. The molecule has 1 aliphatic rings. The largest absolute Gasteiger partial charge is 0.379 e. The summed E-state index contributed by atoms with van der Waals surface area (Å²) in [7, 11) is 3.79. The minimum absolute atomic E-state index is 0.182. The molecule has 1 fully saturated rings. The maximum Gasteiger partial charge on any atom is 0.0809 e. The standard InChI is InChI=1S/C13H22BrN3O/c1-8(2)17-12(10(14)7-16-17)11(15-3)13(18-4)9-5-6-9/h7-9,11,13,15H,5-6H2,1-4H3. The van der Waals surface area contributed by atoms with E-state index < -0.39 is 0 Å². The third-order valence-corrected chi connectivity index (χ3v) is 4.18. The zero-order valence-electron chi connectivity index (χ0n) is 11.5. The van der Waals surface area contributed by atoms with Gasteiger partial charge in [0.25, 0.3) is 0 Å². The molecule has 1 aromatic heterocycles. The molecule has 2 unspecified atom stereocenters. The van der Waals surface area contributed by atoms with Gasteiger partial charge in [-0.1, -0.05) is 0 Å². The van der Waals surface area contributed by atoms with E-state index >= 15 is 0 Å². The first-order valence-corrected chi connectivity index (χ1v) is 7.32. The van der Waals surface area contributed by atoms with Crippen molar-refractivity contribution in [2.45, 2.75) is 44.9 Å².